The molecule has 1 N–H and O–H groups in total. The third-order valence-electron chi connectivity index (χ3n) is 3.41. The Morgan fingerprint density at radius 1 is 1.43 bits per heavy atom. The number of rotatable bonds is 4. The minimum atomic E-state index is -1.08. The Labute approximate surface area is 129 Å². The fraction of sp³-hybridized carbons (Fsp3) is 0.417. The van der Waals surface area contributed by atoms with Gasteiger partial charge in [0.15, 0.2) is 0 Å². The lowest BCUT2D eigenvalue weighted by Crippen LogP contribution is -2.08. The molecule has 0 amide bonds. The van der Waals surface area contributed by atoms with E-state index in [0.717, 1.165) is 12.8 Å². The number of pyridine rings is 1. The van der Waals surface area contributed by atoms with Gasteiger partial charge in [0.2, 0.25) is 5.16 Å². The number of halogens is 1. The quantitative estimate of drug-likeness (QED) is 0.923. The van der Waals surface area contributed by atoms with Gasteiger partial charge in [-0.1, -0.05) is 24.4 Å². The van der Waals surface area contributed by atoms with Crippen molar-refractivity contribution < 1.29 is 9.90 Å². The van der Waals surface area contributed by atoms with Crippen LogP contribution in [0.3, 0.4) is 0 Å². The molecule has 2 heterocycles. The Balaban J connectivity index is 1.89. The lowest BCUT2D eigenvalue weighted by Gasteiger charge is -2.11. The monoisotopic (exact) mass is 325 g/mol. The van der Waals surface area contributed by atoms with Crippen LogP contribution in [-0.4, -0.2) is 36.3 Å². The molecule has 2 aromatic heterocycles. The summed E-state index contributed by atoms with van der Waals surface area (Å²) in [6, 6.07) is 1.67. The van der Waals surface area contributed by atoms with Gasteiger partial charge in [0, 0.05) is 6.20 Å². The number of aromatic nitrogens is 5. The van der Waals surface area contributed by atoms with Crippen LogP contribution < -0.4 is 0 Å². The molecule has 0 atom stereocenters. The standard InChI is InChI=1S/C12H12ClN5O2S/c13-9-8(11(19)20)5-6-14-10(9)21-12-15-16-17-18(12)7-3-1-2-4-7/h5-7H,1-4H2,(H,19,20). The number of carboxylic acids is 1. The zero-order valence-electron chi connectivity index (χ0n) is 10.9. The van der Waals surface area contributed by atoms with Crippen LogP contribution in [-0.2, 0) is 0 Å². The van der Waals surface area contributed by atoms with Gasteiger partial charge in [0.25, 0.3) is 0 Å². The molecular formula is C12H12ClN5O2S. The van der Waals surface area contributed by atoms with Crippen LogP contribution >= 0.6 is 23.4 Å². The molecule has 2 aromatic rings. The predicted molar refractivity (Wildman–Crippen MR) is 75.7 cm³/mol. The summed E-state index contributed by atoms with van der Waals surface area (Å²) < 4.78 is 1.78. The van der Waals surface area contributed by atoms with Gasteiger partial charge in [-0.3, -0.25) is 0 Å². The van der Waals surface area contributed by atoms with Crippen LogP contribution in [0.2, 0.25) is 5.02 Å². The molecule has 110 valence electrons. The first-order chi connectivity index (χ1) is 10.2. The van der Waals surface area contributed by atoms with E-state index in [4.69, 9.17) is 16.7 Å². The van der Waals surface area contributed by atoms with Crippen LogP contribution in [0, 0.1) is 0 Å². The highest BCUT2D eigenvalue weighted by Crippen LogP contribution is 2.36. The Morgan fingerprint density at radius 3 is 2.90 bits per heavy atom. The highest BCUT2D eigenvalue weighted by atomic mass is 35.5. The van der Waals surface area contributed by atoms with E-state index in [1.54, 1.807) is 4.68 Å². The normalized spacial score (nSPS) is 15.5. The first kappa shape index (κ1) is 14.3. The Kier molecular flexibility index (Phi) is 4.07. The third-order valence-corrected chi connectivity index (χ3v) is 4.86. The van der Waals surface area contributed by atoms with E-state index in [1.165, 1.54) is 36.9 Å². The van der Waals surface area contributed by atoms with Crippen LogP contribution in [0.1, 0.15) is 42.1 Å². The molecule has 0 saturated heterocycles. The van der Waals surface area contributed by atoms with Gasteiger partial charge >= 0.3 is 5.97 Å². The second-order valence-electron chi connectivity index (χ2n) is 4.73. The van der Waals surface area contributed by atoms with Crippen molar-refractivity contribution in [3.63, 3.8) is 0 Å². The molecule has 21 heavy (non-hydrogen) atoms. The van der Waals surface area contributed by atoms with Crippen molar-refractivity contribution in [1.29, 1.82) is 0 Å². The largest absolute Gasteiger partial charge is 0.478 e. The van der Waals surface area contributed by atoms with E-state index < -0.39 is 5.97 Å². The third kappa shape index (κ3) is 2.86. The maximum absolute atomic E-state index is 11.1. The zero-order chi connectivity index (χ0) is 14.8. The molecule has 0 bridgehead atoms. The van der Waals surface area contributed by atoms with Crippen LogP contribution in [0.5, 0.6) is 0 Å². The van der Waals surface area contributed by atoms with Crippen LogP contribution in [0.4, 0.5) is 0 Å². The van der Waals surface area contributed by atoms with Crippen molar-refractivity contribution in [1.82, 2.24) is 25.2 Å². The summed E-state index contributed by atoms with van der Waals surface area (Å²) in [4.78, 5) is 15.2. The number of carboxylic acid groups (broad SMARTS) is 1. The smallest absolute Gasteiger partial charge is 0.337 e. The summed E-state index contributed by atoms with van der Waals surface area (Å²) >= 11 is 7.28. The zero-order valence-corrected chi connectivity index (χ0v) is 12.5. The van der Waals surface area contributed by atoms with E-state index in [0.29, 0.717) is 16.2 Å². The van der Waals surface area contributed by atoms with Crippen molar-refractivity contribution in [3.8, 4) is 0 Å². The van der Waals surface area contributed by atoms with Crippen LogP contribution in [0.25, 0.3) is 0 Å². The predicted octanol–water partition coefficient (Wildman–Crippen LogP) is 2.69. The molecule has 1 aliphatic carbocycles. The number of hydrogen-bond acceptors (Lipinski definition) is 6. The summed E-state index contributed by atoms with van der Waals surface area (Å²) in [5.41, 5.74) is 0.0223. The first-order valence-electron chi connectivity index (χ1n) is 6.50. The number of aromatic carboxylic acids is 1. The average Bonchev–Trinajstić information content (AvgIpc) is 3.11. The van der Waals surface area contributed by atoms with Gasteiger partial charge in [-0.2, -0.15) is 0 Å². The van der Waals surface area contributed by atoms with Gasteiger partial charge < -0.3 is 5.11 Å². The van der Waals surface area contributed by atoms with Crippen LogP contribution in [0.15, 0.2) is 22.4 Å². The van der Waals surface area contributed by atoms with Crippen molar-refractivity contribution in [3.05, 3.63) is 22.8 Å². The second-order valence-corrected chi connectivity index (χ2v) is 6.06. The Bertz CT molecular complexity index is 671. The SMILES string of the molecule is O=C(O)c1ccnc(Sc2nnnn2C2CCCC2)c1Cl. The highest BCUT2D eigenvalue weighted by molar-refractivity contribution is 7.99. The molecule has 0 radical (unpaired) electrons. The van der Waals surface area contributed by atoms with Crippen molar-refractivity contribution in [2.24, 2.45) is 0 Å². The molecule has 1 fully saturated rings. The molecule has 3 rings (SSSR count). The summed E-state index contributed by atoms with van der Waals surface area (Å²) in [7, 11) is 0. The molecule has 0 spiro atoms. The maximum Gasteiger partial charge on any atom is 0.337 e. The number of hydrogen-bond donors (Lipinski definition) is 1. The van der Waals surface area contributed by atoms with E-state index in [1.807, 2.05) is 0 Å². The molecule has 1 saturated carbocycles. The maximum atomic E-state index is 11.1. The molecule has 1 aliphatic rings. The molecule has 9 heteroatoms. The molecule has 0 unspecified atom stereocenters. The van der Waals surface area contributed by atoms with Gasteiger partial charge in [0.1, 0.15) is 5.03 Å². The van der Waals surface area contributed by atoms with Crippen molar-refractivity contribution in [2.45, 2.75) is 41.9 Å². The Morgan fingerprint density at radius 2 is 2.19 bits per heavy atom. The highest BCUT2D eigenvalue weighted by Gasteiger charge is 2.23. The number of tetrazole rings is 1. The number of nitrogens with zero attached hydrogens (tertiary/aromatic N) is 5. The average molecular weight is 326 g/mol. The Hall–Kier alpha value is -1.67. The molecule has 0 aliphatic heterocycles. The lowest BCUT2D eigenvalue weighted by molar-refractivity contribution is 0.0696. The van der Waals surface area contributed by atoms with Gasteiger partial charge in [0.05, 0.1) is 16.6 Å². The first-order valence-corrected chi connectivity index (χ1v) is 7.70. The van der Waals surface area contributed by atoms with Crippen molar-refractivity contribution >= 4 is 29.3 Å². The minimum Gasteiger partial charge on any atom is -0.478 e. The van der Waals surface area contributed by atoms with Crippen molar-refractivity contribution in [2.75, 3.05) is 0 Å². The van der Waals surface area contributed by atoms with Gasteiger partial charge in [-0.15, -0.1) is 5.10 Å². The van der Waals surface area contributed by atoms with Gasteiger partial charge in [-0.25, -0.2) is 14.5 Å². The minimum absolute atomic E-state index is 0.0223. The molecular weight excluding hydrogens is 314 g/mol. The fourth-order valence-corrected chi connectivity index (χ4v) is 3.53. The molecule has 0 aromatic carbocycles. The molecule has 7 nitrogen and oxygen atoms in total. The van der Waals surface area contributed by atoms with E-state index in [2.05, 4.69) is 20.5 Å². The van der Waals surface area contributed by atoms with Gasteiger partial charge in [-0.05, 0) is 41.1 Å². The van der Waals surface area contributed by atoms with E-state index >= 15 is 0 Å². The lowest BCUT2D eigenvalue weighted by atomic mass is 10.3. The van der Waals surface area contributed by atoms with E-state index in [9.17, 15) is 4.79 Å². The summed E-state index contributed by atoms with van der Waals surface area (Å²) in [5, 5.41) is 21.9. The number of carbonyl (C=O) groups is 1. The summed E-state index contributed by atoms with van der Waals surface area (Å²) in [5.74, 6) is -1.08. The topological polar surface area (TPSA) is 93.8 Å². The summed E-state index contributed by atoms with van der Waals surface area (Å²) in [6.07, 6.45) is 5.86. The van der Waals surface area contributed by atoms with E-state index in [-0.39, 0.29) is 10.6 Å². The summed E-state index contributed by atoms with van der Waals surface area (Å²) in [6.45, 7) is 0. The second kappa shape index (κ2) is 5.98. The fourth-order valence-electron chi connectivity index (χ4n) is 2.38.